The van der Waals surface area contributed by atoms with E-state index in [4.69, 9.17) is 5.73 Å². The maximum absolute atomic E-state index is 5.70. The zero-order valence-electron chi connectivity index (χ0n) is 8.91. The lowest BCUT2D eigenvalue weighted by Gasteiger charge is -2.27. The lowest BCUT2D eigenvalue weighted by atomic mass is 10.4. The van der Waals surface area contributed by atoms with Crippen LogP contribution in [0.2, 0.25) is 0 Å². The van der Waals surface area contributed by atoms with Crippen molar-refractivity contribution in [3.8, 4) is 0 Å². The summed E-state index contributed by atoms with van der Waals surface area (Å²) >= 11 is 3.31. The third-order valence-electron chi connectivity index (χ3n) is 2.62. The second-order valence-electron chi connectivity index (χ2n) is 3.78. The quantitative estimate of drug-likeness (QED) is 0.768. The van der Waals surface area contributed by atoms with E-state index in [1.54, 1.807) is 12.4 Å². The number of hydrogen-bond donors (Lipinski definition) is 1. The van der Waals surface area contributed by atoms with Crippen molar-refractivity contribution >= 4 is 27.7 Å². The number of fused-ring (bicyclic) bond motifs is 1. The van der Waals surface area contributed by atoms with Crippen molar-refractivity contribution in [2.75, 3.05) is 17.2 Å². The van der Waals surface area contributed by atoms with Gasteiger partial charge in [0.1, 0.15) is 16.7 Å². The van der Waals surface area contributed by atoms with Crippen LogP contribution in [0.15, 0.2) is 17.0 Å². The summed E-state index contributed by atoms with van der Waals surface area (Å²) in [5, 5.41) is 7.93. The van der Waals surface area contributed by atoms with Crippen LogP contribution in [0, 0.1) is 0 Å². The Morgan fingerprint density at radius 3 is 3.00 bits per heavy atom. The first-order valence-electron chi connectivity index (χ1n) is 5.14. The Morgan fingerprint density at radius 1 is 1.29 bits per heavy atom. The predicted molar refractivity (Wildman–Crippen MR) is 65.2 cm³/mol. The van der Waals surface area contributed by atoms with Gasteiger partial charge in [-0.05, 0) is 15.9 Å². The molecule has 0 saturated heterocycles. The van der Waals surface area contributed by atoms with Crippen molar-refractivity contribution in [2.24, 2.45) is 0 Å². The molecule has 0 unspecified atom stereocenters. The smallest absolute Gasteiger partial charge is 0.228 e. The summed E-state index contributed by atoms with van der Waals surface area (Å²) in [4.78, 5) is 10.6. The van der Waals surface area contributed by atoms with E-state index >= 15 is 0 Å². The van der Waals surface area contributed by atoms with Gasteiger partial charge < -0.3 is 15.2 Å². The Labute approximate surface area is 106 Å². The van der Waals surface area contributed by atoms with Crippen LogP contribution < -0.4 is 10.6 Å². The lowest BCUT2D eigenvalue weighted by Crippen LogP contribution is -2.34. The maximum atomic E-state index is 5.70. The third-order valence-corrected chi connectivity index (χ3v) is 3.03. The molecule has 17 heavy (non-hydrogen) atoms. The molecule has 1 aliphatic heterocycles. The molecule has 0 bridgehead atoms. The molecule has 2 aromatic rings. The standard InChI is InChI=1S/C9H10BrN7/c10-6-3-7(11)14-9(13-6)16-1-2-17-5-12-15-8(17)4-16/h3,5H,1-2,4H2,(H2,11,13,14). The summed E-state index contributed by atoms with van der Waals surface area (Å²) in [7, 11) is 0. The van der Waals surface area contributed by atoms with E-state index in [1.807, 2.05) is 9.47 Å². The molecule has 0 aliphatic carbocycles. The molecule has 88 valence electrons. The van der Waals surface area contributed by atoms with Crippen molar-refractivity contribution in [3.05, 3.63) is 22.8 Å². The van der Waals surface area contributed by atoms with Gasteiger partial charge in [-0.25, -0.2) is 4.98 Å². The largest absolute Gasteiger partial charge is 0.383 e. The molecular formula is C9H10BrN7. The SMILES string of the molecule is Nc1cc(Br)nc(N2CCn3cnnc3C2)n1. The molecule has 7 nitrogen and oxygen atoms in total. The fraction of sp³-hybridized carbons (Fsp3) is 0.333. The van der Waals surface area contributed by atoms with Crippen LogP contribution >= 0.6 is 15.9 Å². The number of hydrogen-bond acceptors (Lipinski definition) is 6. The monoisotopic (exact) mass is 295 g/mol. The first-order valence-corrected chi connectivity index (χ1v) is 5.93. The molecule has 0 amide bonds. The van der Waals surface area contributed by atoms with Gasteiger partial charge in [-0.2, -0.15) is 4.98 Å². The van der Waals surface area contributed by atoms with E-state index in [0.717, 1.165) is 18.9 Å². The van der Waals surface area contributed by atoms with Crippen LogP contribution in [-0.4, -0.2) is 31.3 Å². The molecular weight excluding hydrogens is 286 g/mol. The Kier molecular flexibility index (Phi) is 2.43. The summed E-state index contributed by atoms with van der Waals surface area (Å²) in [6.07, 6.45) is 1.74. The summed E-state index contributed by atoms with van der Waals surface area (Å²) in [5.41, 5.74) is 5.70. The molecule has 0 saturated carbocycles. The van der Waals surface area contributed by atoms with E-state index in [0.29, 0.717) is 22.9 Å². The van der Waals surface area contributed by atoms with E-state index in [1.165, 1.54) is 0 Å². The predicted octanol–water partition coefficient (Wildman–Crippen LogP) is 0.433. The summed E-state index contributed by atoms with van der Waals surface area (Å²) in [5.74, 6) is 1.98. The molecule has 1 aliphatic rings. The molecule has 0 fully saturated rings. The highest BCUT2D eigenvalue weighted by atomic mass is 79.9. The van der Waals surface area contributed by atoms with Crippen molar-refractivity contribution < 1.29 is 0 Å². The second-order valence-corrected chi connectivity index (χ2v) is 4.59. The molecule has 2 N–H and O–H groups in total. The summed E-state index contributed by atoms with van der Waals surface area (Å²) < 4.78 is 2.71. The zero-order chi connectivity index (χ0) is 11.8. The van der Waals surface area contributed by atoms with E-state index < -0.39 is 0 Å². The number of aromatic nitrogens is 5. The Bertz CT molecular complexity index is 532. The fourth-order valence-electron chi connectivity index (χ4n) is 1.80. The first-order chi connectivity index (χ1) is 8.22. The van der Waals surface area contributed by atoms with Gasteiger partial charge in [0, 0.05) is 19.2 Å². The molecule has 0 radical (unpaired) electrons. The molecule has 0 spiro atoms. The average molecular weight is 296 g/mol. The van der Waals surface area contributed by atoms with Crippen LogP contribution in [0.3, 0.4) is 0 Å². The van der Waals surface area contributed by atoms with Crippen LogP contribution in [-0.2, 0) is 13.1 Å². The Hall–Kier alpha value is -1.70. The second kappa shape index (κ2) is 3.95. The lowest BCUT2D eigenvalue weighted by molar-refractivity contribution is 0.551. The highest BCUT2D eigenvalue weighted by molar-refractivity contribution is 9.10. The Morgan fingerprint density at radius 2 is 2.18 bits per heavy atom. The van der Waals surface area contributed by atoms with Gasteiger partial charge in [0.2, 0.25) is 5.95 Å². The first kappa shape index (κ1) is 10.5. The molecule has 3 rings (SSSR count). The minimum absolute atomic E-state index is 0.453. The summed E-state index contributed by atoms with van der Waals surface area (Å²) in [6, 6.07) is 1.68. The van der Waals surface area contributed by atoms with Crippen molar-refractivity contribution in [1.82, 2.24) is 24.7 Å². The average Bonchev–Trinajstić information content (AvgIpc) is 2.74. The highest BCUT2D eigenvalue weighted by Crippen LogP contribution is 2.19. The van der Waals surface area contributed by atoms with Gasteiger partial charge in [-0.3, -0.25) is 0 Å². The van der Waals surface area contributed by atoms with E-state index in [-0.39, 0.29) is 0 Å². The van der Waals surface area contributed by atoms with Crippen LogP contribution in [0.4, 0.5) is 11.8 Å². The third kappa shape index (κ3) is 1.95. The minimum atomic E-state index is 0.453. The van der Waals surface area contributed by atoms with Gasteiger partial charge in [-0.15, -0.1) is 10.2 Å². The number of nitrogens with two attached hydrogens (primary N) is 1. The summed E-state index contributed by atoms with van der Waals surface area (Å²) in [6.45, 7) is 2.30. The molecule has 8 heteroatoms. The minimum Gasteiger partial charge on any atom is -0.383 e. The molecule has 0 aromatic carbocycles. The topological polar surface area (TPSA) is 85.8 Å². The number of anilines is 2. The van der Waals surface area contributed by atoms with E-state index in [9.17, 15) is 0 Å². The van der Waals surface area contributed by atoms with Crippen molar-refractivity contribution in [1.29, 1.82) is 0 Å². The number of nitrogen functional groups attached to an aromatic ring is 1. The van der Waals surface area contributed by atoms with Gasteiger partial charge in [-0.1, -0.05) is 0 Å². The number of halogens is 1. The Balaban J connectivity index is 1.91. The van der Waals surface area contributed by atoms with Crippen molar-refractivity contribution in [3.63, 3.8) is 0 Å². The van der Waals surface area contributed by atoms with Crippen LogP contribution in [0.25, 0.3) is 0 Å². The van der Waals surface area contributed by atoms with Crippen molar-refractivity contribution in [2.45, 2.75) is 13.1 Å². The highest BCUT2D eigenvalue weighted by Gasteiger charge is 2.20. The van der Waals surface area contributed by atoms with Gasteiger partial charge in [0.15, 0.2) is 5.82 Å². The van der Waals surface area contributed by atoms with Crippen LogP contribution in [0.5, 0.6) is 0 Å². The van der Waals surface area contributed by atoms with Gasteiger partial charge in [0.25, 0.3) is 0 Å². The number of nitrogens with zero attached hydrogens (tertiary/aromatic N) is 6. The molecule has 3 heterocycles. The van der Waals surface area contributed by atoms with E-state index in [2.05, 4.69) is 36.1 Å². The van der Waals surface area contributed by atoms with Gasteiger partial charge in [0.05, 0.1) is 6.54 Å². The normalized spacial score (nSPS) is 14.8. The maximum Gasteiger partial charge on any atom is 0.228 e. The van der Waals surface area contributed by atoms with Gasteiger partial charge >= 0.3 is 0 Å². The van der Waals surface area contributed by atoms with Crippen LogP contribution in [0.1, 0.15) is 5.82 Å². The zero-order valence-corrected chi connectivity index (χ0v) is 10.5. The molecule has 0 atom stereocenters. The number of rotatable bonds is 1. The fourth-order valence-corrected chi connectivity index (χ4v) is 2.19. The molecule has 2 aromatic heterocycles.